The lowest BCUT2D eigenvalue weighted by Crippen LogP contribution is -2.38. The van der Waals surface area contributed by atoms with E-state index >= 15 is 0 Å². The molecule has 2 aromatic carbocycles. The SMILES string of the molecule is CS(=O)(=O)c1ccc(CN2C[C@@H]3[C@H](O)C(=O)N(Cc4ccccc4)[C@@H]3C2)cc1. The van der Waals surface area contributed by atoms with Gasteiger partial charge in [-0.15, -0.1) is 0 Å². The molecule has 0 radical (unpaired) electrons. The van der Waals surface area contributed by atoms with E-state index < -0.39 is 15.9 Å². The zero-order valence-corrected chi connectivity index (χ0v) is 16.5. The Morgan fingerprint density at radius 3 is 2.25 bits per heavy atom. The molecule has 2 saturated heterocycles. The molecule has 2 aliphatic heterocycles. The number of hydrogen-bond donors (Lipinski definition) is 1. The van der Waals surface area contributed by atoms with Crippen LogP contribution in [0.2, 0.25) is 0 Å². The van der Waals surface area contributed by atoms with Gasteiger partial charge in [0.15, 0.2) is 9.84 Å². The normalized spacial score (nSPS) is 25.3. The highest BCUT2D eigenvalue weighted by Gasteiger charge is 2.51. The fourth-order valence-corrected chi connectivity index (χ4v) is 4.89. The third-order valence-corrected chi connectivity index (χ3v) is 6.83. The number of nitrogens with zero attached hydrogens (tertiary/aromatic N) is 2. The lowest BCUT2D eigenvalue weighted by Gasteiger charge is -2.25. The largest absolute Gasteiger partial charge is 0.383 e. The monoisotopic (exact) mass is 400 g/mol. The van der Waals surface area contributed by atoms with Crippen LogP contribution in [0.3, 0.4) is 0 Å². The summed E-state index contributed by atoms with van der Waals surface area (Å²) in [6.45, 7) is 2.52. The van der Waals surface area contributed by atoms with Crippen LogP contribution in [0.25, 0.3) is 0 Å². The van der Waals surface area contributed by atoms with Gasteiger partial charge in [-0.2, -0.15) is 0 Å². The van der Waals surface area contributed by atoms with E-state index in [0.717, 1.165) is 11.1 Å². The minimum absolute atomic E-state index is 0.00185. The van der Waals surface area contributed by atoms with Crippen LogP contribution in [0.5, 0.6) is 0 Å². The molecule has 2 fully saturated rings. The fourth-order valence-electron chi connectivity index (χ4n) is 4.26. The molecule has 1 N–H and O–H groups in total. The number of likely N-dealkylation sites (tertiary alicyclic amines) is 2. The van der Waals surface area contributed by atoms with E-state index in [4.69, 9.17) is 0 Å². The number of benzene rings is 2. The summed E-state index contributed by atoms with van der Waals surface area (Å²) in [6.07, 6.45) is 0.245. The van der Waals surface area contributed by atoms with Gasteiger partial charge in [-0.1, -0.05) is 42.5 Å². The Bertz CT molecular complexity index is 960. The molecule has 6 nitrogen and oxygen atoms in total. The summed E-state index contributed by atoms with van der Waals surface area (Å²) in [5, 5.41) is 10.4. The second kappa shape index (κ2) is 7.31. The van der Waals surface area contributed by atoms with Gasteiger partial charge < -0.3 is 10.0 Å². The van der Waals surface area contributed by atoms with Crippen LogP contribution in [-0.4, -0.2) is 60.7 Å². The van der Waals surface area contributed by atoms with E-state index in [1.807, 2.05) is 42.5 Å². The standard InChI is InChI=1S/C21H24N2O4S/c1-28(26,27)17-9-7-16(8-10-17)11-22-13-18-19(14-22)23(21(25)20(18)24)12-15-5-3-2-4-6-15/h2-10,18-20,24H,11-14H2,1H3/t18-,19+,20-/m0/s1. The van der Waals surface area contributed by atoms with Gasteiger partial charge in [-0.3, -0.25) is 9.69 Å². The number of aliphatic hydroxyl groups is 1. The first-order valence-electron chi connectivity index (χ1n) is 9.37. The zero-order chi connectivity index (χ0) is 19.9. The summed E-state index contributed by atoms with van der Waals surface area (Å²) in [5.74, 6) is -0.275. The summed E-state index contributed by atoms with van der Waals surface area (Å²) >= 11 is 0. The summed E-state index contributed by atoms with van der Waals surface area (Å²) in [5.41, 5.74) is 2.07. The number of carbonyl (C=O) groups is 1. The number of sulfone groups is 1. The highest BCUT2D eigenvalue weighted by atomic mass is 32.2. The van der Waals surface area contributed by atoms with Gasteiger partial charge in [0, 0.05) is 38.4 Å². The molecule has 148 valence electrons. The number of fused-ring (bicyclic) bond motifs is 1. The molecule has 7 heteroatoms. The Morgan fingerprint density at radius 2 is 1.61 bits per heavy atom. The number of aliphatic hydroxyl groups excluding tert-OH is 1. The number of carbonyl (C=O) groups excluding carboxylic acids is 1. The Hall–Kier alpha value is -2.22. The van der Waals surface area contributed by atoms with Crippen LogP contribution in [0.15, 0.2) is 59.5 Å². The van der Waals surface area contributed by atoms with Crippen LogP contribution in [-0.2, 0) is 27.7 Å². The van der Waals surface area contributed by atoms with Gasteiger partial charge in [0.1, 0.15) is 6.10 Å². The topological polar surface area (TPSA) is 77.9 Å². The van der Waals surface area contributed by atoms with Crippen LogP contribution in [0.1, 0.15) is 11.1 Å². The molecule has 0 saturated carbocycles. The maximum absolute atomic E-state index is 12.5. The van der Waals surface area contributed by atoms with E-state index in [1.165, 1.54) is 6.26 Å². The predicted octanol–water partition coefficient (Wildman–Crippen LogP) is 1.29. The average Bonchev–Trinajstić information content (AvgIpc) is 3.16. The minimum atomic E-state index is -3.20. The Balaban J connectivity index is 1.45. The third kappa shape index (κ3) is 3.70. The zero-order valence-electron chi connectivity index (χ0n) is 15.7. The van der Waals surface area contributed by atoms with Crippen molar-refractivity contribution in [2.45, 2.75) is 30.1 Å². The number of rotatable bonds is 5. The van der Waals surface area contributed by atoms with Crippen molar-refractivity contribution in [2.24, 2.45) is 5.92 Å². The molecular weight excluding hydrogens is 376 g/mol. The lowest BCUT2D eigenvalue weighted by atomic mass is 10.0. The Morgan fingerprint density at radius 1 is 0.964 bits per heavy atom. The molecule has 0 bridgehead atoms. The highest BCUT2D eigenvalue weighted by molar-refractivity contribution is 7.90. The van der Waals surface area contributed by atoms with Crippen LogP contribution >= 0.6 is 0 Å². The van der Waals surface area contributed by atoms with Crippen molar-refractivity contribution in [3.8, 4) is 0 Å². The van der Waals surface area contributed by atoms with Crippen molar-refractivity contribution in [1.82, 2.24) is 9.80 Å². The van der Waals surface area contributed by atoms with Crippen molar-refractivity contribution < 1.29 is 18.3 Å². The molecule has 3 atom stereocenters. The molecule has 28 heavy (non-hydrogen) atoms. The molecule has 2 aliphatic rings. The van der Waals surface area contributed by atoms with Gasteiger partial charge in [0.25, 0.3) is 5.91 Å². The van der Waals surface area contributed by atoms with Gasteiger partial charge in [0.05, 0.1) is 10.9 Å². The lowest BCUT2D eigenvalue weighted by molar-refractivity contribution is -0.136. The summed E-state index contributed by atoms with van der Waals surface area (Å²) in [7, 11) is -3.20. The average molecular weight is 401 g/mol. The second-order valence-corrected chi connectivity index (χ2v) is 9.75. The van der Waals surface area contributed by atoms with Gasteiger partial charge in [-0.25, -0.2) is 8.42 Å². The molecular formula is C21H24N2O4S. The van der Waals surface area contributed by atoms with Crippen LogP contribution in [0.4, 0.5) is 0 Å². The highest BCUT2D eigenvalue weighted by Crippen LogP contribution is 2.34. The second-order valence-electron chi connectivity index (χ2n) is 7.74. The summed E-state index contributed by atoms with van der Waals surface area (Å²) < 4.78 is 23.2. The molecule has 0 spiro atoms. The van der Waals surface area contributed by atoms with E-state index in [0.29, 0.717) is 31.1 Å². The maximum atomic E-state index is 12.5. The van der Waals surface area contributed by atoms with E-state index in [2.05, 4.69) is 4.90 Å². The smallest absolute Gasteiger partial charge is 0.252 e. The van der Waals surface area contributed by atoms with Gasteiger partial charge in [-0.05, 0) is 23.3 Å². The molecule has 0 unspecified atom stereocenters. The molecule has 4 rings (SSSR count). The number of hydrogen-bond acceptors (Lipinski definition) is 5. The van der Waals surface area contributed by atoms with Crippen LogP contribution < -0.4 is 0 Å². The van der Waals surface area contributed by atoms with Crippen molar-refractivity contribution in [3.63, 3.8) is 0 Å². The molecule has 2 aromatic rings. The number of amides is 1. The molecule has 1 amide bonds. The summed E-state index contributed by atoms with van der Waals surface area (Å²) in [6, 6.07) is 16.7. The predicted molar refractivity (Wildman–Crippen MR) is 105 cm³/mol. The first-order chi connectivity index (χ1) is 13.3. The van der Waals surface area contributed by atoms with E-state index in [-0.39, 0.29) is 17.9 Å². The van der Waals surface area contributed by atoms with E-state index in [9.17, 15) is 18.3 Å². The molecule has 0 aromatic heterocycles. The first-order valence-corrected chi connectivity index (χ1v) is 11.3. The third-order valence-electron chi connectivity index (χ3n) is 5.70. The quantitative estimate of drug-likeness (QED) is 0.819. The van der Waals surface area contributed by atoms with Crippen molar-refractivity contribution in [3.05, 3.63) is 65.7 Å². The minimum Gasteiger partial charge on any atom is -0.383 e. The van der Waals surface area contributed by atoms with Gasteiger partial charge in [0.2, 0.25) is 0 Å². The van der Waals surface area contributed by atoms with Crippen molar-refractivity contribution in [1.29, 1.82) is 0 Å². The Labute approximate surface area is 165 Å². The molecule has 2 heterocycles. The molecule has 0 aliphatic carbocycles. The van der Waals surface area contributed by atoms with Crippen molar-refractivity contribution >= 4 is 15.7 Å². The first kappa shape index (κ1) is 19.1. The fraction of sp³-hybridized carbons (Fsp3) is 0.381. The van der Waals surface area contributed by atoms with Gasteiger partial charge >= 0.3 is 0 Å². The van der Waals surface area contributed by atoms with E-state index in [1.54, 1.807) is 17.0 Å². The Kier molecular flexibility index (Phi) is 4.99. The van der Waals surface area contributed by atoms with Crippen LogP contribution in [0, 0.1) is 5.92 Å². The maximum Gasteiger partial charge on any atom is 0.252 e. The summed E-state index contributed by atoms with van der Waals surface area (Å²) in [4.78, 5) is 16.9. The van der Waals surface area contributed by atoms with Crippen molar-refractivity contribution in [2.75, 3.05) is 19.3 Å².